The van der Waals surface area contributed by atoms with Crippen molar-refractivity contribution in [1.29, 1.82) is 0 Å². The fourth-order valence-electron chi connectivity index (χ4n) is 6.87. The molecule has 3 saturated carbocycles. The molecule has 0 aromatic rings. The van der Waals surface area contributed by atoms with E-state index in [9.17, 15) is 0 Å². The Morgan fingerprint density at radius 2 is 1.07 bits per heavy atom. The third-order valence-electron chi connectivity index (χ3n) is 9.44. The summed E-state index contributed by atoms with van der Waals surface area (Å²) in [7, 11) is 0. The molecule has 3 rings (SSSR count). The van der Waals surface area contributed by atoms with Gasteiger partial charge in [0.2, 0.25) is 0 Å². The minimum absolute atomic E-state index is 0.583. The minimum Gasteiger partial charge on any atom is -0.0622 e. The van der Waals surface area contributed by atoms with E-state index in [2.05, 4.69) is 27.7 Å². The van der Waals surface area contributed by atoms with E-state index < -0.39 is 0 Å². The van der Waals surface area contributed by atoms with E-state index in [-0.39, 0.29) is 0 Å². The van der Waals surface area contributed by atoms with Gasteiger partial charge in [-0.2, -0.15) is 0 Å². The van der Waals surface area contributed by atoms with Gasteiger partial charge in [-0.15, -0.1) is 0 Å². The van der Waals surface area contributed by atoms with Crippen molar-refractivity contribution < 1.29 is 0 Å². The number of hydrogen-bond donors (Lipinski definition) is 0. The highest BCUT2D eigenvalue weighted by molar-refractivity contribution is 5.01. The summed E-state index contributed by atoms with van der Waals surface area (Å²) in [6.07, 6.45) is 28.5. The summed E-state index contributed by atoms with van der Waals surface area (Å²) in [6.45, 7) is 10.2. The minimum atomic E-state index is 0.583. The fraction of sp³-hybridized carbons (Fsp3) is 1.00. The van der Waals surface area contributed by atoms with Gasteiger partial charge in [-0.05, 0) is 66.6 Å². The first-order chi connectivity index (χ1) is 13.9. The highest BCUT2D eigenvalue weighted by Crippen LogP contribution is 2.60. The van der Waals surface area contributed by atoms with Gasteiger partial charge in [0.25, 0.3) is 0 Å². The standard InChI is InChI=1S/C29H54/c1-24-16-11-8-10-14-20-28(2,3)19-13-9-6-5-7-12-17-25-22-26(25)18-15-21-29(4)23-27(24)29/h24-27H,5-23H2,1-4H3. The Bertz CT molecular complexity index is 463. The maximum Gasteiger partial charge on any atom is -0.0292 e. The zero-order valence-corrected chi connectivity index (χ0v) is 20.7. The van der Waals surface area contributed by atoms with Gasteiger partial charge in [0.05, 0.1) is 0 Å². The first-order valence-electron chi connectivity index (χ1n) is 13.9. The van der Waals surface area contributed by atoms with E-state index in [0.29, 0.717) is 5.41 Å². The van der Waals surface area contributed by atoms with Crippen molar-refractivity contribution in [3.05, 3.63) is 0 Å². The summed E-state index contributed by atoms with van der Waals surface area (Å²) < 4.78 is 0. The molecule has 0 saturated heterocycles. The second-order valence-corrected chi connectivity index (χ2v) is 12.9. The molecule has 3 aliphatic rings. The number of hydrogen-bond acceptors (Lipinski definition) is 0. The predicted octanol–water partition coefficient (Wildman–Crippen LogP) is 9.96. The van der Waals surface area contributed by atoms with Gasteiger partial charge in [-0.3, -0.25) is 0 Å². The molecule has 0 aromatic carbocycles. The smallest absolute Gasteiger partial charge is 0.0292 e. The molecule has 3 fully saturated rings. The highest BCUT2D eigenvalue weighted by atomic mass is 14.6. The average Bonchev–Trinajstić information content (AvgIpc) is 3.56. The SMILES string of the molecule is CC1CCCCCCC(C)(C)CCCCCCCCC2CC2CCCC2(C)CC12. The van der Waals surface area contributed by atoms with Gasteiger partial charge in [-0.25, -0.2) is 0 Å². The van der Waals surface area contributed by atoms with Crippen molar-refractivity contribution in [2.75, 3.05) is 0 Å². The zero-order valence-electron chi connectivity index (χ0n) is 20.7. The third kappa shape index (κ3) is 8.22. The van der Waals surface area contributed by atoms with Gasteiger partial charge < -0.3 is 0 Å². The van der Waals surface area contributed by atoms with Crippen molar-refractivity contribution >= 4 is 0 Å². The van der Waals surface area contributed by atoms with Crippen molar-refractivity contribution in [2.24, 2.45) is 34.5 Å². The van der Waals surface area contributed by atoms with Gasteiger partial charge >= 0.3 is 0 Å². The van der Waals surface area contributed by atoms with Crippen LogP contribution < -0.4 is 0 Å². The largest absolute Gasteiger partial charge is 0.0622 e. The van der Waals surface area contributed by atoms with E-state index in [4.69, 9.17) is 0 Å². The monoisotopic (exact) mass is 402 g/mol. The Morgan fingerprint density at radius 1 is 0.552 bits per heavy atom. The lowest BCUT2D eigenvalue weighted by atomic mass is 9.81. The second-order valence-electron chi connectivity index (χ2n) is 12.9. The molecule has 0 nitrogen and oxygen atoms in total. The fourth-order valence-corrected chi connectivity index (χ4v) is 6.87. The molecule has 5 atom stereocenters. The van der Waals surface area contributed by atoms with Crippen LogP contribution in [0.5, 0.6) is 0 Å². The normalized spacial score (nSPS) is 41.0. The molecule has 170 valence electrons. The van der Waals surface area contributed by atoms with Gasteiger partial charge in [0.1, 0.15) is 0 Å². The molecular weight excluding hydrogens is 348 g/mol. The predicted molar refractivity (Wildman–Crippen MR) is 129 cm³/mol. The van der Waals surface area contributed by atoms with Crippen LogP contribution in [0.2, 0.25) is 0 Å². The Kier molecular flexibility index (Phi) is 9.01. The highest BCUT2D eigenvalue weighted by Gasteiger charge is 2.51. The van der Waals surface area contributed by atoms with Crippen molar-refractivity contribution in [2.45, 2.75) is 150 Å². The summed E-state index contributed by atoms with van der Waals surface area (Å²) in [6, 6.07) is 0. The third-order valence-corrected chi connectivity index (χ3v) is 9.44. The Labute approximate surface area is 184 Å². The Balaban J connectivity index is 1.39. The summed E-state index contributed by atoms with van der Waals surface area (Å²) in [5.74, 6) is 4.28. The van der Waals surface area contributed by atoms with E-state index in [0.717, 1.165) is 29.1 Å². The molecule has 0 spiro atoms. The van der Waals surface area contributed by atoms with Gasteiger partial charge in [-0.1, -0.05) is 118 Å². The number of rotatable bonds is 0. The lowest BCUT2D eigenvalue weighted by Crippen LogP contribution is -2.11. The molecule has 0 bridgehead atoms. The quantitative estimate of drug-likeness (QED) is 0.378. The van der Waals surface area contributed by atoms with Crippen molar-refractivity contribution in [3.63, 3.8) is 0 Å². The van der Waals surface area contributed by atoms with Crippen LogP contribution in [0.3, 0.4) is 0 Å². The van der Waals surface area contributed by atoms with Crippen LogP contribution >= 0.6 is 0 Å². The summed E-state index contributed by atoms with van der Waals surface area (Å²) in [4.78, 5) is 0. The lowest BCUT2D eigenvalue weighted by molar-refractivity contribution is 0.280. The maximum atomic E-state index is 2.61. The Hall–Kier alpha value is 0. The molecular formula is C29H54. The molecule has 0 aromatic heterocycles. The molecule has 0 radical (unpaired) electrons. The maximum absolute atomic E-state index is 2.61. The molecule has 0 heteroatoms. The molecule has 0 N–H and O–H groups in total. The van der Waals surface area contributed by atoms with Crippen LogP contribution in [0.15, 0.2) is 0 Å². The molecule has 3 aliphatic carbocycles. The number of fused-ring (bicyclic) bond motifs is 2. The molecule has 5 unspecified atom stereocenters. The average molecular weight is 403 g/mol. The van der Waals surface area contributed by atoms with Crippen molar-refractivity contribution in [1.82, 2.24) is 0 Å². The second kappa shape index (κ2) is 11.0. The van der Waals surface area contributed by atoms with Crippen LogP contribution in [0.25, 0.3) is 0 Å². The molecule has 0 aliphatic heterocycles. The summed E-state index contributed by atoms with van der Waals surface area (Å²) in [5.41, 5.74) is 1.31. The van der Waals surface area contributed by atoms with Crippen LogP contribution in [0, 0.1) is 34.5 Å². The Morgan fingerprint density at radius 3 is 1.72 bits per heavy atom. The van der Waals surface area contributed by atoms with Crippen LogP contribution in [0.1, 0.15) is 150 Å². The topological polar surface area (TPSA) is 0 Å². The van der Waals surface area contributed by atoms with Gasteiger partial charge in [0, 0.05) is 0 Å². The first-order valence-corrected chi connectivity index (χ1v) is 13.9. The first kappa shape index (κ1) is 23.7. The van der Waals surface area contributed by atoms with E-state index in [1.165, 1.54) is 103 Å². The zero-order chi connectivity index (χ0) is 20.7. The van der Waals surface area contributed by atoms with Gasteiger partial charge in [0.15, 0.2) is 0 Å². The molecule has 0 amide bonds. The molecule has 29 heavy (non-hydrogen) atoms. The van der Waals surface area contributed by atoms with Crippen molar-refractivity contribution in [3.8, 4) is 0 Å². The lowest BCUT2D eigenvalue weighted by Gasteiger charge is -2.24. The molecule has 0 heterocycles. The van der Waals surface area contributed by atoms with Crippen LogP contribution in [0.4, 0.5) is 0 Å². The van der Waals surface area contributed by atoms with Crippen LogP contribution in [-0.2, 0) is 0 Å². The summed E-state index contributed by atoms with van der Waals surface area (Å²) in [5, 5.41) is 0. The van der Waals surface area contributed by atoms with E-state index in [1.807, 2.05) is 0 Å². The van der Waals surface area contributed by atoms with E-state index >= 15 is 0 Å². The van der Waals surface area contributed by atoms with E-state index in [1.54, 1.807) is 19.3 Å². The van der Waals surface area contributed by atoms with Crippen LogP contribution in [-0.4, -0.2) is 0 Å². The summed E-state index contributed by atoms with van der Waals surface area (Å²) >= 11 is 0.